The van der Waals surface area contributed by atoms with Gasteiger partial charge in [0, 0.05) is 17.5 Å². The van der Waals surface area contributed by atoms with Crippen molar-refractivity contribution in [1.82, 2.24) is 0 Å². The van der Waals surface area contributed by atoms with Crippen LogP contribution in [0.25, 0.3) is 0 Å². The second-order valence-electron chi connectivity index (χ2n) is 4.30. The van der Waals surface area contributed by atoms with E-state index >= 15 is 0 Å². The summed E-state index contributed by atoms with van der Waals surface area (Å²) < 4.78 is 5.61. The van der Waals surface area contributed by atoms with E-state index in [0.717, 1.165) is 0 Å². The molecule has 0 aliphatic carbocycles. The molecule has 0 unspecified atom stereocenters. The monoisotopic (exact) mass is 350 g/mol. The van der Waals surface area contributed by atoms with Crippen molar-refractivity contribution in [2.45, 2.75) is 6.42 Å². The van der Waals surface area contributed by atoms with Gasteiger partial charge >= 0.3 is 0 Å². The maximum atomic E-state index is 9.73. The van der Waals surface area contributed by atoms with Crippen LogP contribution < -0.4 is 4.74 Å². The van der Waals surface area contributed by atoms with Gasteiger partial charge in [-0.05, 0) is 12.1 Å². The molecule has 1 aliphatic rings. The molecule has 0 aromatic heterocycles. The van der Waals surface area contributed by atoms with Crippen LogP contribution in [0.4, 0.5) is 0 Å². The van der Waals surface area contributed by atoms with E-state index in [4.69, 9.17) is 51.1 Å². The Hall–Kier alpha value is -1.00. The van der Waals surface area contributed by atoms with Crippen LogP contribution in [-0.4, -0.2) is 10.2 Å². The Kier molecular flexibility index (Phi) is 3.33. The highest BCUT2D eigenvalue weighted by atomic mass is 35.5. The highest BCUT2D eigenvalue weighted by Crippen LogP contribution is 2.52. The normalized spacial score (nSPS) is 12.6. The molecular weight excluding hydrogens is 346 g/mol. The second-order valence-corrected chi connectivity index (χ2v) is 5.87. The van der Waals surface area contributed by atoms with Crippen molar-refractivity contribution >= 4 is 46.4 Å². The fraction of sp³-hybridized carbons (Fsp3) is 0.0769. The fourth-order valence-corrected chi connectivity index (χ4v) is 3.14. The standard InChI is InChI=1S/C13H6Cl4O3/c14-6-2-4-1-5-3-7(15)11(19)9(17)13(5)20-12(4)8(16)10(6)18/h2-3,18-19H,1H2. The third kappa shape index (κ3) is 1.97. The number of aromatic hydroxyl groups is 2. The van der Waals surface area contributed by atoms with Gasteiger partial charge in [-0.25, -0.2) is 0 Å². The number of halogens is 4. The lowest BCUT2D eigenvalue weighted by Gasteiger charge is -2.23. The van der Waals surface area contributed by atoms with Crippen molar-refractivity contribution in [2.24, 2.45) is 0 Å². The Bertz CT molecular complexity index is 682. The van der Waals surface area contributed by atoms with Crippen molar-refractivity contribution < 1.29 is 14.9 Å². The summed E-state index contributed by atoms with van der Waals surface area (Å²) in [5, 5.41) is 19.7. The van der Waals surface area contributed by atoms with Crippen molar-refractivity contribution in [3.8, 4) is 23.0 Å². The number of ether oxygens (including phenoxy) is 1. The first-order valence-electron chi connectivity index (χ1n) is 5.47. The zero-order chi connectivity index (χ0) is 14.6. The van der Waals surface area contributed by atoms with E-state index in [9.17, 15) is 10.2 Å². The highest BCUT2D eigenvalue weighted by Gasteiger charge is 2.27. The molecule has 1 heterocycles. The summed E-state index contributed by atoms with van der Waals surface area (Å²) in [5.74, 6) is 0.0176. The summed E-state index contributed by atoms with van der Waals surface area (Å²) in [6.45, 7) is 0. The molecule has 7 heteroatoms. The van der Waals surface area contributed by atoms with Crippen LogP contribution in [0, 0.1) is 0 Å². The van der Waals surface area contributed by atoms with Gasteiger partial charge in [-0.3, -0.25) is 0 Å². The van der Waals surface area contributed by atoms with Crippen LogP contribution in [0.1, 0.15) is 11.1 Å². The summed E-state index contributed by atoms with van der Waals surface area (Å²) >= 11 is 23.8. The molecule has 0 bridgehead atoms. The van der Waals surface area contributed by atoms with Crippen molar-refractivity contribution in [2.75, 3.05) is 0 Å². The largest absolute Gasteiger partial charge is 0.505 e. The predicted octanol–water partition coefficient (Wildman–Crippen LogP) is 5.41. The zero-order valence-electron chi connectivity index (χ0n) is 9.68. The maximum absolute atomic E-state index is 9.73. The number of phenols is 2. The first-order chi connectivity index (χ1) is 9.40. The minimum Gasteiger partial charge on any atom is -0.505 e. The van der Waals surface area contributed by atoms with Crippen molar-refractivity contribution in [3.05, 3.63) is 43.4 Å². The van der Waals surface area contributed by atoms with E-state index in [0.29, 0.717) is 17.5 Å². The number of rotatable bonds is 0. The molecule has 2 aromatic carbocycles. The lowest BCUT2D eigenvalue weighted by molar-refractivity contribution is 0.434. The van der Waals surface area contributed by atoms with Gasteiger partial charge in [0.05, 0.1) is 10.0 Å². The van der Waals surface area contributed by atoms with Crippen LogP contribution in [0.3, 0.4) is 0 Å². The topological polar surface area (TPSA) is 49.7 Å². The minimum absolute atomic E-state index is 0.00339. The molecule has 20 heavy (non-hydrogen) atoms. The maximum Gasteiger partial charge on any atom is 0.156 e. The molecule has 0 radical (unpaired) electrons. The van der Waals surface area contributed by atoms with Gasteiger partial charge < -0.3 is 14.9 Å². The molecule has 0 spiro atoms. The third-order valence-electron chi connectivity index (χ3n) is 3.04. The molecule has 2 N–H and O–H groups in total. The van der Waals surface area contributed by atoms with Gasteiger partial charge in [0.1, 0.15) is 10.0 Å². The lowest BCUT2D eigenvalue weighted by Crippen LogP contribution is -2.04. The highest BCUT2D eigenvalue weighted by molar-refractivity contribution is 6.39. The number of fused-ring (bicyclic) bond motifs is 2. The Morgan fingerprint density at radius 2 is 1.20 bits per heavy atom. The summed E-state index contributed by atoms with van der Waals surface area (Å²) in [5.41, 5.74) is 1.39. The average molecular weight is 352 g/mol. The number of phenolic OH excluding ortho intramolecular Hbond substituents is 2. The van der Waals surface area contributed by atoms with Crippen LogP contribution >= 0.6 is 46.4 Å². The van der Waals surface area contributed by atoms with Gasteiger partial charge in [-0.1, -0.05) is 46.4 Å². The molecule has 3 nitrogen and oxygen atoms in total. The van der Waals surface area contributed by atoms with E-state index in [1.54, 1.807) is 12.1 Å². The Morgan fingerprint density at radius 1 is 0.800 bits per heavy atom. The summed E-state index contributed by atoms with van der Waals surface area (Å²) in [6, 6.07) is 3.13. The summed E-state index contributed by atoms with van der Waals surface area (Å²) in [4.78, 5) is 0. The third-order valence-corrected chi connectivity index (χ3v) is 4.31. The summed E-state index contributed by atoms with van der Waals surface area (Å²) in [7, 11) is 0. The van der Waals surface area contributed by atoms with Crippen molar-refractivity contribution in [1.29, 1.82) is 0 Å². The van der Waals surface area contributed by atoms with Gasteiger partial charge in [-0.2, -0.15) is 0 Å². The fourth-order valence-electron chi connectivity index (χ4n) is 2.07. The van der Waals surface area contributed by atoms with Gasteiger partial charge in [-0.15, -0.1) is 0 Å². The lowest BCUT2D eigenvalue weighted by atomic mass is 10.00. The van der Waals surface area contributed by atoms with Gasteiger partial charge in [0.2, 0.25) is 0 Å². The van der Waals surface area contributed by atoms with Gasteiger partial charge in [0.25, 0.3) is 0 Å². The van der Waals surface area contributed by atoms with Crippen LogP contribution in [-0.2, 0) is 6.42 Å². The Morgan fingerprint density at radius 3 is 1.60 bits per heavy atom. The average Bonchev–Trinajstić information content (AvgIpc) is 2.41. The number of hydrogen-bond donors (Lipinski definition) is 2. The Balaban J connectivity index is 2.22. The number of hydrogen-bond acceptors (Lipinski definition) is 3. The molecule has 0 amide bonds. The summed E-state index contributed by atoms with van der Waals surface area (Å²) in [6.07, 6.45) is 0.421. The molecule has 2 aromatic rings. The number of benzene rings is 2. The molecule has 0 saturated carbocycles. The quantitative estimate of drug-likeness (QED) is 0.569. The first kappa shape index (κ1) is 14.0. The molecule has 1 aliphatic heterocycles. The second kappa shape index (κ2) is 4.78. The molecule has 3 rings (SSSR count). The van der Waals surface area contributed by atoms with Crippen LogP contribution in [0.2, 0.25) is 20.1 Å². The van der Waals surface area contributed by atoms with E-state index in [-0.39, 0.29) is 43.1 Å². The van der Waals surface area contributed by atoms with E-state index in [1.807, 2.05) is 0 Å². The van der Waals surface area contributed by atoms with E-state index in [1.165, 1.54) is 0 Å². The SMILES string of the molecule is Oc1c(Cl)cc2c(c1Cl)Oc1c(cc(Cl)c(O)c1Cl)C2. The van der Waals surface area contributed by atoms with Crippen LogP contribution in [0.15, 0.2) is 12.1 Å². The molecule has 0 fully saturated rings. The first-order valence-corrected chi connectivity index (χ1v) is 6.99. The predicted molar refractivity (Wildman–Crippen MR) is 79.1 cm³/mol. The molecule has 0 saturated heterocycles. The van der Waals surface area contributed by atoms with Crippen molar-refractivity contribution in [3.63, 3.8) is 0 Å². The minimum atomic E-state index is -0.259. The molecular formula is C13H6Cl4O3. The van der Waals surface area contributed by atoms with E-state index in [2.05, 4.69) is 0 Å². The zero-order valence-corrected chi connectivity index (χ0v) is 12.7. The molecule has 0 atom stereocenters. The molecule has 104 valence electrons. The van der Waals surface area contributed by atoms with Gasteiger partial charge in [0.15, 0.2) is 23.0 Å². The van der Waals surface area contributed by atoms with Crippen LogP contribution in [0.5, 0.6) is 23.0 Å². The smallest absolute Gasteiger partial charge is 0.156 e. The van der Waals surface area contributed by atoms with E-state index < -0.39 is 0 Å². The Labute approximate surface area is 134 Å².